The molecule has 2 aromatic heterocycles. The Labute approximate surface area is 213 Å². The van der Waals surface area contributed by atoms with Crippen LogP contribution in [0, 0.1) is 0 Å². The quantitative estimate of drug-likeness (QED) is 0.363. The Morgan fingerprint density at radius 1 is 1.14 bits per heavy atom. The third-order valence-electron chi connectivity index (χ3n) is 5.76. The molecule has 186 valence electrons. The Hall–Kier alpha value is -2.62. The van der Waals surface area contributed by atoms with E-state index in [9.17, 15) is 9.00 Å². The second-order valence-corrected chi connectivity index (χ2v) is 12.1. The predicted octanol–water partition coefficient (Wildman–Crippen LogP) is 5.99. The fraction of sp³-hybridized carbons (Fsp3) is 0.423. The van der Waals surface area contributed by atoms with Crippen molar-refractivity contribution >= 4 is 34.0 Å². The van der Waals surface area contributed by atoms with Crippen LogP contribution in [0.3, 0.4) is 0 Å². The Balaban J connectivity index is 1.55. The van der Waals surface area contributed by atoms with Crippen molar-refractivity contribution in [1.29, 1.82) is 0 Å². The summed E-state index contributed by atoms with van der Waals surface area (Å²) in [5, 5.41) is 6.86. The number of urea groups is 1. The first kappa shape index (κ1) is 25.5. The molecule has 1 atom stereocenters. The first-order valence-corrected chi connectivity index (χ1v) is 14.0. The van der Waals surface area contributed by atoms with Crippen molar-refractivity contribution < 1.29 is 9.00 Å². The molecule has 2 amide bonds. The van der Waals surface area contributed by atoms with E-state index in [4.69, 9.17) is 4.98 Å². The molecular formula is C26H33N5O2S2. The molecular weight excluding hydrogens is 478 g/mol. The molecule has 1 aliphatic rings. The van der Waals surface area contributed by atoms with Gasteiger partial charge in [-0.2, -0.15) is 0 Å². The maximum absolute atomic E-state index is 13.4. The molecule has 0 bridgehead atoms. The van der Waals surface area contributed by atoms with E-state index in [0.717, 1.165) is 21.0 Å². The Kier molecular flexibility index (Phi) is 8.30. The number of thiazole rings is 1. The molecule has 3 N–H and O–H groups in total. The lowest BCUT2D eigenvalue weighted by atomic mass is 9.90. The van der Waals surface area contributed by atoms with Gasteiger partial charge in [0.15, 0.2) is 0 Å². The third-order valence-corrected chi connectivity index (χ3v) is 8.49. The smallest absolute Gasteiger partial charge is 0.319 e. The summed E-state index contributed by atoms with van der Waals surface area (Å²) in [4.78, 5) is 22.9. The first-order valence-electron chi connectivity index (χ1n) is 12.0. The molecule has 4 rings (SSSR count). The zero-order valence-corrected chi connectivity index (χ0v) is 22.1. The van der Waals surface area contributed by atoms with Crippen molar-refractivity contribution in [3.05, 3.63) is 59.5 Å². The average Bonchev–Trinajstić information content (AvgIpc) is 3.33. The molecule has 1 aliphatic carbocycles. The van der Waals surface area contributed by atoms with E-state index in [2.05, 4.69) is 20.3 Å². The number of hydrogen-bond donors (Lipinski definition) is 3. The number of carbonyl (C=O) groups is 1. The number of benzene rings is 1. The van der Waals surface area contributed by atoms with Crippen LogP contribution in [0.1, 0.15) is 69.4 Å². The van der Waals surface area contributed by atoms with Crippen molar-refractivity contribution in [2.24, 2.45) is 0 Å². The Bertz CT molecular complexity index is 1170. The first-order chi connectivity index (χ1) is 16.8. The fourth-order valence-corrected chi connectivity index (χ4v) is 6.57. The number of rotatable bonds is 7. The van der Waals surface area contributed by atoms with Crippen molar-refractivity contribution in [2.45, 2.75) is 75.8 Å². The SMILES string of the molecule is CC(C)(C)NS(=O)c1cc(NC(=O)NCc2cccnc2)ccc1-c1cnc(C2CCCCC2)s1. The largest absolute Gasteiger partial charge is 0.334 e. The van der Waals surface area contributed by atoms with Crippen LogP contribution >= 0.6 is 11.3 Å². The van der Waals surface area contributed by atoms with Gasteiger partial charge in [-0.05, 0) is 57.4 Å². The summed E-state index contributed by atoms with van der Waals surface area (Å²) in [7, 11) is -1.47. The molecule has 0 radical (unpaired) electrons. The van der Waals surface area contributed by atoms with E-state index >= 15 is 0 Å². The lowest BCUT2D eigenvalue weighted by Gasteiger charge is -2.21. The number of nitrogens with zero attached hydrogens (tertiary/aromatic N) is 2. The average molecular weight is 512 g/mol. The fourth-order valence-electron chi connectivity index (χ4n) is 4.10. The maximum atomic E-state index is 13.4. The van der Waals surface area contributed by atoms with E-state index in [1.807, 2.05) is 51.2 Å². The van der Waals surface area contributed by atoms with E-state index in [1.54, 1.807) is 29.8 Å². The molecule has 35 heavy (non-hydrogen) atoms. The van der Waals surface area contributed by atoms with Gasteiger partial charge in [-0.25, -0.2) is 18.7 Å². The number of carbonyl (C=O) groups excluding carboxylic acids is 1. The van der Waals surface area contributed by atoms with Crippen LogP contribution in [0.15, 0.2) is 53.8 Å². The highest BCUT2D eigenvalue weighted by Crippen LogP contribution is 2.39. The van der Waals surface area contributed by atoms with E-state index in [0.29, 0.717) is 23.0 Å². The van der Waals surface area contributed by atoms with Gasteiger partial charge in [0.2, 0.25) is 0 Å². The molecule has 0 spiro atoms. The summed E-state index contributed by atoms with van der Waals surface area (Å²) in [6.45, 7) is 6.30. The summed E-state index contributed by atoms with van der Waals surface area (Å²) >= 11 is 1.69. The van der Waals surface area contributed by atoms with Crippen molar-refractivity contribution in [1.82, 2.24) is 20.0 Å². The number of amides is 2. The molecule has 1 unspecified atom stereocenters. The molecule has 9 heteroatoms. The topological polar surface area (TPSA) is 96.0 Å². The van der Waals surface area contributed by atoms with E-state index in [1.165, 1.54) is 32.1 Å². The summed E-state index contributed by atoms with van der Waals surface area (Å²) in [6, 6.07) is 8.95. The summed E-state index contributed by atoms with van der Waals surface area (Å²) in [5.74, 6) is 0.522. The van der Waals surface area contributed by atoms with Gasteiger partial charge in [0.05, 0.1) is 14.8 Å². The normalized spacial score (nSPS) is 15.5. The van der Waals surface area contributed by atoms with Gasteiger partial charge in [-0.15, -0.1) is 11.3 Å². The van der Waals surface area contributed by atoms with Crippen LogP contribution in [0.2, 0.25) is 0 Å². The molecule has 0 saturated heterocycles. The number of anilines is 1. The summed E-state index contributed by atoms with van der Waals surface area (Å²) < 4.78 is 16.5. The van der Waals surface area contributed by atoms with Crippen molar-refractivity contribution in [2.75, 3.05) is 5.32 Å². The zero-order chi connectivity index (χ0) is 24.8. The van der Waals surface area contributed by atoms with Crippen LogP contribution in [0.5, 0.6) is 0 Å². The third kappa shape index (κ3) is 7.19. The number of aromatic nitrogens is 2. The van der Waals surface area contributed by atoms with Gasteiger partial charge in [0.25, 0.3) is 0 Å². The molecule has 2 heterocycles. The van der Waals surface area contributed by atoms with E-state index < -0.39 is 11.0 Å². The summed E-state index contributed by atoms with van der Waals surface area (Å²) in [6.07, 6.45) is 11.5. The monoisotopic (exact) mass is 511 g/mol. The predicted molar refractivity (Wildman–Crippen MR) is 143 cm³/mol. The standard InChI is InChI=1S/C26H33N5O2S2/c1-26(2,3)31-35(33)23-14-20(30-25(32)29-16-18-8-7-13-27-15-18)11-12-21(23)22-17-28-24(34-22)19-9-5-4-6-10-19/h7-8,11-15,17,19,31H,4-6,9-10,16H2,1-3H3,(H2,29,30,32). The zero-order valence-electron chi connectivity index (χ0n) is 20.5. The lowest BCUT2D eigenvalue weighted by molar-refractivity contribution is 0.251. The van der Waals surface area contributed by atoms with Crippen LogP contribution in [-0.2, 0) is 17.5 Å². The van der Waals surface area contributed by atoms with Gasteiger partial charge >= 0.3 is 6.03 Å². The van der Waals surface area contributed by atoms with Gasteiger partial charge in [0.1, 0.15) is 11.0 Å². The van der Waals surface area contributed by atoms with Gasteiger partial charge in [-0.3, -0.25) is 4.98 Å². The van der Waals surface area contributed by atoms with Gasteiger partial charge in [0, 0.05) is 47.8 Å². The van der Waals surface area contributed by atoms with E-state index in [-0.39, 0.29) is 11.6 Å². The highest BCUT2D eigenvalue weighted by atomic mass is 32.2. The number of nitrogens with one attached hydrogen (secondary N) is 3. The lowest BCUT2D eigenvalue weighted by Crippen LogP contribution is -2.37. The Morgan fingerprint density at radius 2 is 1.94 bits per heavy atom. The van der Waals surface area contributed by atoms with Crippen LogP contribution in [0.25, 0.3) is 10.4 Å². The van der Waals surface area contributed by atoms with Crippen molar-refractivity contribution in [3.63, 3.8) is 0 Å². The minimum atomic E-state index is -1.47. The second kappa shape index (κ2) is 11.4. The molecule has 1 fully saturated rings. The molecule has 1 saturated carbocycles. The number of pyridine rings is 1. The second-order valence-electron chi connectivity index (χ2n) is 9.90. The minimum Gasteiger partial charge on any atom is -0.334 e. The van der Waals surface area contributed by atoms with Crippen LogP contribution < -0.4 is 15.4 Å². The number of hydrogen-bond acceptors (Lipinski definition) is 5. The molecule has 7 nitrogen and oxygen atoms in total. The minimum absolute atomic E-state index is 0.334. The van der Waals surface area contributed by atoms with Gasteiger partial charge < -0.3 is 10.6 Å². The van der Waals surface area contributed by atoms with Gasteiger partial charge in [-0.1, -0.05) is 31.4 Å². The molecule has 0 aliphatic heterocycles. The highest BCUT2D eigenvalue weighted by molar-refractivity contribution is 7.83. The van der Waals surface area contributed by atoms with Crippen molar-refractivity contribution in [3.8, 4) is 10.4 Å². The Morgan fingerprint density at radius 3 is 2.66 bits per heavy atom. The maximum Gasteiger partial charge on any atom is 0.319 e. The highest BCUT2D eigenvalue weighted by Gasteiger charge is 2.23. The van der Waals surface area contributed by atoms with Crippen LogP contribution in [0.4, 0.5) is 10.5 Å². The molecule has 3 aromatic rings. The summed E-state index contributed by atoms with van der Waals surface area (Å²) in [5.41, 5.74) is 2.02. The van der Waals surface area contributed by atoms with Crippen LogP contribution in [-0.4, -0.2) is 25.7 Å². The molecule has 1 aromatic carbocycles.